The number of hydrogen-bond donors (Lipinski definition) is 2. The van der Waals surface area contributed by atoms with E-state index >= 15 is 0 Å². The number of nitrogens with zero attached hydrogens (tertiary/aromatic N) is 4. The van der Waals surface area contributed by atoms with Gasteiger partial charge in [-0.3, -0.25) is 0 Å². The van der Waals surface area contributed by atoms with Gasteiger partial charge in [-0.05, 0) is 13.8 Å². The normalized spacial score (nSPS) is 12.2. The van der Waals surface area contributed by atoms with Gasteiger partial charge >= 0.3 is 6.01 Å². The summed E-state index contributed by atoms with van der Waals surface area (Å²) in [7, 11) is 1.77. The molecule has 1 unspecified atom stereocenters. The monoisotopic (exact) mass is 227 g/mol. The second kappa shape index (κ2) is 5.45. The van der Waals surface area contributed by atoms with E-state index < -0.39 is 0 Å². The summed E-state index contributed by atoms with van der Waals surface area (Å²) in [5.41, 5.74) is 5.54. The third-order valence-corrected chi connectivity index (χ3v) is 2.13. The third kappa shape index (κ3) is 2.93. The lowest BCUT2D eigenvalue weighted by Crippen LogP contribution is -2.33. The van der Waals surface area contributed by atoms with Crippen molar-refractivity contribution in [3.63, 3.8) is 0 Å². The first kappa shape index (κ1) is 12.4. The van der Waals surface area contributed by atoms with Gasteiger partial charge in [0, 0.05) is 7.05 Å². The predicted octanol–water partition coefficient (Wildman–Crippen LogP) is -0.331. The summed E-state index contributed by atoms with van der Waals surface area (Å²) in [4.78, 5) is 13.6. The quantitative estimate of drug-likeness (QED) is 0.710. The minimum atomic E-state index is -0.101. The van der Waals surface area contributed by atoms with Crippen molar-refractivity contribution >= 4 is 11.9 Å². The number of anilines is 2. The van der Waals surface area contributed by atoms with Crippen molar-refractivity contribution in [3.8, 4) is 6.01 Å². The van der Waals surface area contributed by atoms with Gasteiger partial charge in [-0.25, -0.2) is 0 Å². The van der Waals surface area contributed by atoms with E-state index in [2.05, 4.69) is 15.0 Å². The van der Waals surface area contributed by atoms with Crippen molar-refractivity contribution < 1.29 is 9.84 Å². The van der Waals surface area contributed by atoms with Crippen molar-refractivity contribution in [2.45, 2.75) is 19.9 Å². The Bertz CT molecular complexity index is 347. The molecule has 7 nitrogen and oxygen atoms in total. The van der Waals surface area contributed by atoms with Gasteiger partial charge < -0.3 is 20.5 Å². The van der Waals surface area contributed by atoms with Crippen LogP contribution in [-0.4, -0.2) is 46.4 Å². The van der Waals surface area contributed by atoms with Crippen molar-refractivity contribution in [2.24, 2.45) is 0 Å². The van der Waals surface area contributed by atoms with Crippen LogP contribution in [0.2, 0.25) is 0 Å². The molecule has 1 aromatic heterocycles. The molecular weight excluding hydrogens is 210 g/mol. The summed E-state index contributed by atoms with van der Waals surface area (Å²) in [6.07, 6.45) is 0. The fourth-order valence-electron chi connectivity index (χ4n) is 1.03. The van der Waals surface area contributed by atoms with E-state index in [-0.39, 0.29) is 24.6 Å². The van der Waals surface area contributed by atoms with Gasteiger partial charge in [0.25, 0.3) is 0 Å². The van der Waals surface area contributed by atoms with Crippen LogP contribution in [-0.2, 0) is 0 Å². The average molecular weight is 227 g/mol. The number of rotatable bonds is 5. The number of ether oxygens (including phenoxy) is 1. The van der Waals surface area contributed by atoms with Gasteiger partial charge in [-0.2, -0.15) is 15.0 Å². The highest BCUT2D eigenvalue weighted by Gasteiger charge is 2.14. The molecule has 1 aromatic rings. The Morgan fingerprint density at radius 3 is 2.69 bits per heavy atom. The Morgan fingerprint density at radius 1 is 1.44 bits per heavy atom. The highest BCUT2D eigenvalue weighted by Crippen LogP contribution is 2.13. The van der Waals surface area contributed by atoms with Gasteiger partial charge in [0.1, 0.15) is 0 Å². The van der Waals surface area contributed by atoms with Crippen LogP contribution in [0.25, 0.3) is 0 Å². The van der Waals surface area contributed by atoms with Crippen LogP contribution < -0.4 is 15.4 Å². The SMILES string of the molecule is CCOc1nc(N)nc(N(C)C(C)CO)n1. The first-order chi connectivity index (χ1) is 7.58. The standard InChI is InChI=1S/C9H17N5O2/c1-4-16-9-12-7(10)11-8(13-9)14(3)6(2)5-15/h6,15H,4-5H2,1-3H3,(H2,10,11,12,13). The van der Waals surface area contributed by atoms with E-state index in [0.717, 1.165) is 0 Å². The van der Waals surface area contributed by atoms with Crippen LogP contribution in [0.5, 0.6) is 6.01 Å². The lowest BCUT2D eigenvalue weighted by atomic mass is 10.3. The first-order valence-corrected chi connectivity index (χ1v) is 5.06. The Balaban J connectivity index is 2.94. The molecule has 1 rings (SSSR count). The molecular formula is C9H17N5O2. The summed E-state index contributed by atoms with van der Waals surface area (Å²) in [5.74, 6) is 0.489. The minimum absolute atomic E-state index is 0.00601. The number of aliphatic hydroxyl groups excluding tert-OH is 1. The maximum Gasteiger partial charge on any atom is 0.323 e. The lowest BCUT2D eigenvalue weighted by Gasteiger charge is -2.23. The fourth-order valence-corrected chi connectivity index (χ4v) is 1.03. The zero-order chi connectivity index (χ0) is 12.1. The van der Waals surface area contributed by atoms with Crippen molar-refractivity contribution in [1.82, 2.24) is 15.0 Å². The van der Waals surface area contributed by atoms with Gasteiger partial charge in [0.2, 0.25) is 11.9 Å². The van der Waals surface area contributed by atoms with Gasteiger partial charge in [0.05, 0.1) is 19.3 Å². The highest BCUT2D eigenvalue weighted by atomic mass is 16.5. The molecule has 0 spiro atoms. The Hall–Kier alpha value is -1.63. The molecule has 0 aliphatic heterocycles. The zero-order valence-electron chi connectivity index (χ0n) is 9.71. The highest BCUT2D eigenvalue weighted by molar-refractivity contribution is 5.35. The van der Waals surface area contributed by atoms with E-state index in [0.29, 0.717) is 12.6 Å². The van der Waals surface area contributed by atoms with E-state index in [4.69, 9.17) is 15.6 Å². The number of aliphatic hydroxyl groups is 1. The largest absolute Gasteiger partial charge is 0.464 e. The molecule has 0 aliphatic rings. The molecule has 3 N–H and O–H groups in total. The maximum atomic E-state index is 9.03. The van der Waals surface area contributed by atoms with Crippen molar-refractivity contribution in [2.75, 3.05) is 30.9 Å². The minimum Gasteiger partial charge on any atom is -0.464 e. The second-order valence-corrected chi connectivity index (χ2v) is 3.35. The number of likely N-dealkylation sites (N-methyl/N-ethyl adjacent to an activating group) is 1. The molecule has 0 saturated heterocycles. The molecule has 1 atom stereocenters. The summed E-state index contributed by atoms with van der Waals surface area (Å²) in [5, 5.41) is 9.03. The van der Waals surface area contributed by atoms with E-state index in [1.165, 1.54) is 0 Å². The molecule has 1 heterocycles. The number of nitrogens with two attached hydrogens (primary N) is 1. The number of hydrogen-bond acceptors (Lipinski definition) is 7. The van der Waals surface area contributed by atoms with Crippen molar-refractivity contribution in [1.29, 1.82) is 0 Å². The molecule has 0 fully saturated rings. The van der Waals surface area contributed by atoms with Crippen LogP contribution in [0.15, 0.2) is 0 Å². The van der Waals surface area contributed by atoms with Gasteiger partial charge in [-0.15, -0.1) is 0 Å². The summed E-state index contributed by atoms with van der Waals surface area (Å²) in [6, 6.07) is 0.0956. The Kier molecular flexibility index (Phi) is 4.24. The Morgan fingerprint density at radius 2 is 2.12 bits per heavy atom. The molecule has 0 bridgehead atoms. The van der Waals surface area contributed by atoms with Gasteiger partial charge in [-0.1, -0.05) is 0 Å². The number of aromatic nitrogens is 3. The van der Waals surface area contributed by atoms with E-state index in [9.17, 15) is 0 Å². The van der Waals surface area contributed by atoms with Crippen LogP contribution in [0.4, 0.5) is 11.9 Å². The molecule has 0 aliphatic carbocycles. The van der Waals surface area contributed by atoms with Crippen LogP contribution >= 0.6 is 0 Å². The predicted molar refractivity (Wildman–Crippen MR) is 60.4 cm³/mol. The van der Waals surface area contributed by atoms with Crippen LogP contribution in [0.3, 0.4) is 0 Å². The lowest BCUT2D eigenvalue weighted by molar-refractivity contribution is 0.268. The van der Waals surface area contributed by atoms with Crippen molar-refractivity contribution in [3.05, 3.63) is 0 Å². The van der Waals surface area contributed by atoms with E-state index in [1.54, 1.807) is 11.9 Å². The third-order valence-electron chi connectivity index (χ3n) is 2.13. The zero-order valence-corrected chi connectivity index (χ0v) is 9.71. The molecule has 7 heteroatoms. The molecule has 0 amide bonds. The first-order valence-electron chi connectivity index (χ1n) is 5.06. The second-order valence-electron chi connectivity index (χ2n) is 3.35. The number of nitrogen functional groups attached to an aromatic ring is 1. The molecule has 90 valence electrons. The summed E-state index contributed by atoms with van der Waals surface area (Å²) < 4.78 is 5.16. The topological polar surface area (TPSA) is 97.4 Å². The fraction of sp³-hybridized carbons (Fsp3) is 0.667. The van der Waals surface area contributed by atoms with Crippen LogP contribution in [0.1, 0.15) is 13.8 Å². The Labute approximate surface area is 94.3 Å². The average Bonchev–Trinajstić information content (AvgIpc) is 2.26. The van der Waals surface area contributed by atoms with E-state index in [1.807, 2.05) is 13.8 Å². The molecule has 0 saturated carbocycles. The molecule has 0 radical (unpaired) electrons. The maximum absolute atomic E-state index is 9.03. The summed E-state index contributed by atoms with van der Waals surface area (Å²) in [6.45, 7) is 4.15. The van der Waals surface area contributed by atoms with Crippen LogP contribution in [0, 0.1) is 0 Å². The summed E-state index contributed by atoms with van der Waals surface area (Å²) >= 11 is 0. The van der Waals surface area contributed by atoms with Gasteiger partial charge in [0.15, 0.2) is 0 Å². The smallest absolute Gasteiger partial charge is 0.323 e. The molecule has 0 aromatic carbocycles. The molecule has 16 heavy (non-hydrogen) atoms.